The molecule has 1 aliphatic rings. The Balaban J connectivity index is 2.24. The lowest BCUT2D eigenvalue weighted by Crippen LogP contribution is -2.46. The molecule has 112 valence electrons. The summed E-state index contributed by atoms with van der Waals surface area (Å²) in [5.41, 5.74) is 0. The third kappa shape index (κ3) is 6.28. The Bertz CT molecular complexity index is 257. The highest BCUT2D eigenvalue weighted by atomic mass is 15.2. The number of nitrogens with zero attached hydrogens (tertiary/aromatic N) is 2. The molecule has 0 unspecified atom stereocenters. The van der Waals surface area contributed by atoms with Crippen molar-refractivity contribution in [1.29, 1.82) is 0 Å². The fourth-order valence-corrected chi connectivity index (χ4v) is 2.73. The summed E-state index contributed by atoms with van der Waals surface area (Å²) in [4.78, 5) is 6.78. The molecule has 4 heteroatoms. The van der Waals surface area contributed by atoms with Gasteiger partial charge in [0.1, 0.15) is 0 Å². The zero-order valence-corrected chi connectivity index (χ0v) is 13.2. The molecule has 0 heterocycles. The molecule has 19 heavy (non-hydrogen) atoms. The van der Waals surface area contributed by atoms with Crippen molar-refractivity contribution in [1.82, 2.24) is 15.5 Å². The maximum atomic E-state index is 4.33. The van der Waals surface area contributed by atoms with Crippen LogP contribution in [-0.4, -0.2) is 49.6 Å². The molecule has 0 amide bonds. The third-order valence-electron chi connectivity index (χ3n) is 4.00. The highest BCUT2D eigenvalue weighted by molar-refractivity contribution is 5.79. The van der Waals surface area contributed by atoms with Gasteiger partial charge in [-0.2, -0.15) is 0 Å². The first kappa shape index (κ1) is 16.3. The second-order valence-corrected chi connectivity index (χ2v) is 5.70. The largest absolute Gasteiger partial charge is 0.355 e. The predicted octanol–water partition coefficient (Wildman–Crippen LogP) is 2.21. The van der Waals surface area contributed by atoms with Gasteiger partial charge in [-0.05, 0) is 33.2 Å². The minimum Gasteiger partial charge on any atom is -0.355 e. The number of hydrogen-bond donors (Lipinski definition) is 2. The molecule has 0 radical (unpaired) electrons. The van der Waals surface area contributed by atoms with Gasteiger partial charge in [-0.25, -0.2) is 0 Å². The van der Waals surface area contributed by atoms with E-state index < -0.39 is 0 Å². The summed E-state index contributed by atoms with van der Waals surface area (Å²) in [6, 6.07) is 1.23. The van der Waals surface area contributed by atoms with Gasteiger partial charge in [0.15, 0.2) is 5.96 Å². The van der Waals surface area contributed by atoms with Crippen LogP contribution in [0.25, 0.3) is 0 Å². The molecule has 0 aromatic rings. The van der Waals surface area contributed by atoms with Gasteiger partial charge >= 0.3 is 0 Å². The Hall–Kier alpha value is -0.770. The minimum atomic E-state index is 0.611. The Kier molecular flexibility index (Phi) is 7.87. The summed E-state index contributed by atoms with van der Waals surface area (Å²) in [6.45, 7) is 9.85. The van der Waals surface area contributed by atoms with E-state index in [1.54, 1.807) is 0 Å². The number of nitrogens with one attached hydrogen (secondary N) is 2. The van der Waals surface area contributed by atoms with Crippen molar-refractivity contribution in [2.45, 2.75) is 65.0 Å². The van der Waals surface area contributed by atoms with E-state index in [1.807, 2.05) is 7.05 Å². The van der Waals surface area contributed by atoms with Crippen LogP contribution in [-0.2, 0) is 0 Å². The van der Waals surface area contributed by atoms with E-state index in [1.165, 1.54) is 32.1 Å². The fraction of sp³-hybridized carbons (Fsp3) is 0.933. The van der Waals surface area contributed by atoms with Crippen LogP contribution < -0.4 is 10.6 Å². The van der Waals surface area contributed by atoms with E-state index in [4.69, 9.17) is 0 Å². The van der Waals surface area contributed by atoms with Crippen LogP contribution in [0.15, 0.2) is 4.99 Å². The molecule has 0 aromatic heterocycles. The van der Waals surface area contributed by atoms with Gasteiger partial charge in [-0.3, -0.25) is 9.89 Å². The molecule has 1 fully saturated rings. The Labute approximate surface area is 119 Å². The number of aliphatic imine (C=N–C) groups is 1. The van der Waals surface area contributed by atoms with Gasteiger partial charge in [-0.1, -0.05) is 26.2 Å². The van der Waals surface area contributed by atoms with Crippen molar-refractivity contribution >= 4 is 5.96 Å². The summed E-state index contributed by atoms with van der Waals surface area (Å²) in [5.74, 6) is 0.965. The minimum absolute atomic E-state index is 0.611. The van der Waals surface area contributed by atoms with Crippen LogP contribution in [0.3, 0.4) is 0 Å². The number of guanidine groups is 1. The molecule has 0 bridgehead atoms. The Morgan fingerprint density at radius 2 is 1.95 bits per heavy atom. The first-order chi connectivity index (χ1) is 9.17. The normalized spacial score (nSPS) is 18.1. The molecule has 1 saturated carbocycles. The molecule has 4 nitrogen and oxygen atoms in total. The van der Waals surface area contributed by atoms with Gasteiger partial charge in [0.25, 0.3) is 0 Å². The average Bonchev–Trinajstić information content (AvgIpc) is 2.43. The molecular weight excluding hydrogens is 236 g/mol. The molecular formula is C15H32N4. The predicted molar refractivity (Wildman–Crippen MR) is 83.8 cm³/mol. The molecule has 0 aliphatic heterocycles. The number of likely N-dealkylation sites (N-methyl/N-ethyl adjacent to an activating group) is 1. The molecule has 1 aliphatic carbocycles. The van der Waals surface area contributed by atoms with Crippen molar-refractivity contribution < 1.29 is 0 Å². The highest BCUT2D eigenvalue weighted by Crippen LogP contribution is 2.17. The second-order valence-electron chi connectivity index (χ2n) is 5.70. The fourth-order valence-electron chi connectivity index (χ4n) is 2.73. The molecule has 0 spiro atoms. The van der Waals surface area contributed by atoms with Crippen LogP contribution in [0.4, 0.5) is 0 Å². The summed E-state index contributed by atoms with van der Waals surface area (Å²) in [7, 11) is 1.86. The number of rotatable bonds is 6. The van der Waals surface area contributed by atoms with E-state index in [0.29, 0.717) is 12.1 Å². The van der Waals surface area contributed by atoms with Crippen LogP contribution >= 0.6 is 0 Å². The van der Waals surface area contributed by atoms with Crippen molar-refractivity contribution in [2.75, 3.05) is 26.7 Å². The summed E-state index contributed by atoms with van der Waals surface area (Å²) in [5, 5.41) is 6.98. The summed E-state index contributed by atoms with van der Waals surface area (Å²) in [6.07, 6.45) is 6.67. The second kappa shape index (κ2) is 9.18. The molecule has 0 aromatic carbocycles. The first-order valence-corrected chi connectivity index (χ1v) is 7.88. The van der Waals surface area contributed by atoms with E-state index in [0.717, 1.165) is 25.6 Å². The van der Waals surface area contributed by atoms with E-state index in [-0.39, 0.29) is 0 Å². The van der Waals surface area contributed by atoms with E-state index in [2.05, 4.69) is 41.3 Å². The van der Waals surface area contributed by atoms with Crippen LogP contribution in [0, 0.1) is 0 Å². The molecule has 0 atom stereocenters. The summed E-state index contributed by atoms with van der Waals surface area (Å²) >= 11 is 0. The standard InChI is InChI=1S/C15H32N4/c1-5-19(13(2)3)12-11-17-15(16-4)18-14-9-7-6-8-10-14/h13-14H,5-12H2,1-4H3,(H2,16,17,18). The zero-order chi connectivity index (χ0) is 14.1. The lowest BCUT2D eigenvalue weighted by atomic mass is 9.96. The topological polar surface area (TPSA) is 39.7 Å². The maximum Gasteiger partial charge on any atom is 0.191 e. The Morgan fingerprint density at radius 3 is 2.47 bits per heavy atom. The van der Waals surface area contributed by atoms with Crippen LogP contribution in [0.5, 0.6) is 0 Å². The van der Waals surface area contributed by atoms with Gasteiger partial charge in [-0.15, -0.1) is 0 Å². The van der Waals surface area contributed by atoms with Crippen molar-refractivity contribution in [2.24, 2.45) is 4.99 Å². The lowest BCUT2D eigenvalue weighted by molar-refractivity contribution is 0.237. The number of hydrogen-bond acceptors (Lipinski definition) is 2. The SMILES string of the molecule is CCN(CCNC(=NC)NC1CCCCC1)C(C)C. The molecule has 0 saturated heterocycles. The smallest absolute Gasteiger partial charge is 0.191 e. The molecule has 2 N–H and O–H groups in total. The molecule has 1 rings (SSSR count). The van der Waals surface area contributed by atoms with Gasteiger partial charge in [0, 0.05) is 32.2 Å². The van der Waals surface area contributed by atoms with Gasteiger partial charge in [0.05, 0.1) is 0 Å². The van der Waals surface area contributed by atoms with Crippen molar-refractivity contribution in [3.63, 3.8) is 0 Å². The van der Waals surface area contributed by atoms with Crippen LogP contribution in [0.1, 0.15) is 52.9 Å². The van der Waals surface area contributed by atoms with E-state index in [9.17, 15) is 0 Å². The van der Waals surface area contributed by atoms with Gasteiger partial charge < -0.3 is 10.6 Å². The average molecular weight is 268 g/mol. The summed E-state index contributed by atoms with van der Waals surface area (Å²) < 4.78 is 0. The quantitative estimate of drug-likeness (QED) is 0.573. The van der Waals surface area contributed by atoms with Crippen LogP contribution in [0.2, 0.25) is 0 Å². The van der Waals surface area contributed by atoms with Crippen molar-refractivity contribution in [3.8, 4) is 0 Å². The highest BCUT2D eigenvalue weighted by Gasteiger charge is 2.14. The zero-order valence-electron chi connectivity index (χ0n) is 13.2. The monoisotopic (exact) mass is 268 g/mol. The maximum absolute atomic E-state index is 4.33. The third-order valence-corrected chi connectivity index (χ3v) is 4.00. The van der Waals surface area contributed by atoms with E-state index >= 15 is 0 Å². The first-order valence-electron chi connectivity index (χ1n) is 7.88. The van der Waals surface area contributed by atoms with Gasteiger partial charge in [0.2, 0.25) is 0 Å². The van der Waals surface area contributed by atoms with Crippen molar-refractivity contribution in [3.05, 3.63) is 0 Å². The lowest BCUT2D eigenvalue weighted by Gasteiger charge is -2.27. The Morgan fingerprint density at radius 1 is 1.26 bits per heavy atom.